The molecule has 0 amide bonds. The summed E-state index contributed by atoms with van der Waals surface area (Å²) < 4.78 is 0. The van der Waals surface area contributed by atoms with E-state index in [2.05, 4.69) is 13.0 Å². The van der Waals surface area contributed by atoms with E-state index in [0.29, 0.717) is 0 Å². The Kier molecular flexibility index (Phi) is 2.49. The number of hydrogen-bond donors (Lipinski definition) is 0. The molecule has 0 spiro atoms. The molecule has 2 rings (SSSR count). The number of rotatable bonds is 4. The van der Waals surface area contributed by atoms with Crippen molar-refractivity contribution in [1.82, 2.24) is 0 Å². The first-order valence-electron chi connectivity index (χ1n) is 5.17. The summed E-state index contributed by atoms with van der Waals surface area (Å²) in [5.74, 6) is 0. The van der Waals surface area contributed by atoms with Crippen LogP contribution in [0.4, 0.5) is 0 Å². The molecule has 0 saturated carbocycles. The van der Waals surface area contributed by atoms with Crippen LogP contribution < -0.4 is 5.43 Å². The average Bonchev–Trinajstić information content (AvgIpc) is 2.93. The predicted molar refractivity (Wildman–Crippen MR) is 59.1 cm³/mol. The Balaban J connectivity index is 2.26. The fourth-order valence-corrected chi connectivity index (χ4v) is 1.67. The average molecular weight is 186 g/mol. The van der Waals surface area contributed by atoms with Gasteiger partial charge in [-0.05, 0) is 30.0 Å². The van der Waals surface area contributed by atoms with Crippen molar-refractivity contribution in [3.63, 3.8) is 0 Å². The predicted octanol–water partition coefficient (Wildman–Crippen LogP) is 2.93. The largest absolute Gasteiger partial charge is 0.289 e. The van der Waals surface area contributed by atoms with Gasteiger partial charge < -0.3 is 0 Å². The summed E-state index contributed by atoms with van der Waals surface area (Å²) in [6.45, 7) is 2.18. The van der Waals surface area contributed by atoms with Crippen molar-refractivity contribution in [2.24, 2.45) is 0 Å². The topological polar surface area (TPSA) is 17.1 Å². The van der Waals surface area contributed by atoms with Crippen LogP contribution in [-0.2, 0) is 6.42 Å². The monoisotopic (exact) mass is 186 g/mol. The summed E-state index contributed by atoms with van der Waals surface area (Å²) in [5, 5.41) is 0. The van der Waals surface area contributed by atoms with Crippen LogP contribution in [0.2, 0.25) is 0 Å². The van der Waals surface area contributed by atoms with Crippen LogP contribution in [0.5, 0.6) is 0 Å². The second kappa shape index (κ2) is 3.79. The lowest BCUT2D eigenvalue weighted by Crippen LogP contribution is -1.89. The van der Waals surface area contributed by atoms with E-state index in [1.54, 1.807) is 6.07 Å². The molecule has 0 aliphatic heterocycles. The van der Waals surface area contributed by atoms with Crippen molar-refractivity contribution in [2.45, 2.75) is 26.2 Å². The van der Waals surface area contributed by atoms with Crippen LogP contribution in [0.25, 0.3) is 11.1 Å². The van der Waals surface area contributed by atoms with Crippen LogP contribution >= 0.6 is 0 Å². The van der Waals surface area contributed by atoms with Crippen LogP contribution in [0.15, 0.2) is 35.1 Å². The first-order chi connectivity index (χ1) is 6.83. The number of benzene rings is 1. The minimum atomic E-state index is 0.203. The van der Waals surface area contributed by atoms with E-state index in [0.717, 1.165) is 17.5 Å². The fraction of sp³-hybridized carbons (Fsp3) is 0.308. The minimum Gasteiger partial charge on any atom is -0.289 e. The van der Waals surface area contributed by atoms with Crippen LogP contribution in [-0.4, -0.2) is 0 Å². The number of unbranched alkanes of at least 4 members (excludes halogenated alkanes) is 1. The molecule has 0 aliphatic carbocycles. The molecule has 72 valence electrons. The number of hydrogen-bond acceptors (Lipinski definition) is 1. The highest BCUT2D eigenvalue weighted by atomic mass is 16.1. The van der Waals surface area contributed by atoms with Gasteiger partial charge in [0.2, 0.25) is 0 Å². The van der Waals surface area contributed by atoms with Crippen LogP contribution in [0.1, 0.15) is 25.3 Å². The molecule has 0 bridgehead atoms. The molecule has 14 heavy (non-hydrogen) atoms. The van der Waals surface area contributed by atoms with Gasteiger partial charge in [0.15, 0.2) is 5.43 Å². The molecule has 0 saturated heterocycles. The van der Waals surface area contributed by atoms with Gasteiger partial charge in [-0.15, -0.1) is 0 Å². The van der Waals surface area contributed by atoms with Crippen LogP contribution in [0, 0.1) is 0 Å². The van der Waals surface area contributed by atoms with Gasteiger partial charge in [-0.2, -0.15) is 0 Å². The summed E-state index contributed by atoms with van der Waals surface area (Å²) in [7, 11) is 0. The van der Waals surface area contributed by atoms with Gasteiger partial charge in [-0.3, -0.25) is 4.79 Å². The lowest BCUT2D eigenvalue weighted by atomic mass is 10.0. The second-order valence-electron chi connectivity index (χ2n) is 3.68. The maximum Gasteiger partial charge on any atom is 0.187 e. The minimum absolute atomic E-state index is 0.203. The van der Waals surface area contributed by atoms with E-state index in [4.69, 9.17) is 0 Å². The Morgan fingerprint density at radius 1 is 1.14 bits per heavy atom. The lowest BCUT2D eigenvalue weighted by molar-refractivity contribution is 0.796. The normalized spacial score (nSPS) is 10.9. The highest BCUT2D eigenvalue weighted by Crippen LogP contribution is 2.24. The third kappa shape index (κ3) is 1.77. The first-order valence-corrected chi connectivity index (χ1v) is 5.17. The van der Waals surface area contributed by atoms with Crippen molar-refractivity contribution in [3.05, 3.63) is 46.1 Å². The van der Waals surface area contributed by atoms with Gasteiger partial charge in [0.05, 0.1) is 0 Å². The quantitative estimate of drug-likeness (QED) is 0.717. The van der Waals surface area contributed by atoms with E-state index >= 15 is 0 Å². The van der Waals surface area contributed by atoms with Crippen molar-refractivity contribution in [3.8, 4) is 11.1 Å². The maximum atomic E-state index is 11.0. The summed E-state index contributed by atoms with van der Waals surface area (Å²) in [5.41, 5.74) is 3.57. The van der Waals surface area contributed by atoms with Crippen molar-refractivity contribution in [2.75, 3.05) is 0 Å². The van der Waals surface area contributed by atoms with Crippen LogP contribution in [0.3, 0.4) is 0 Å². The van der Waals surface area contributed by atoms with E-state index in [1.165, 1.54) is 18.4 Å². The summed E-state index contributed by atoms with van der Waals surface area (Å²) in [4.78, 5) is 11.0. The maximum absolute atomic E-state index is 11.0. The van der Waals surface area contributed by atoms with Gasteiger partial charge >= 0.3 is 0 Å². The molecule has 0 aliphatic rings. The molecule has 2 aromatic carbocycles. The van der Waals surface area contributed by atoms with Gasteiger partial charge in [-0.25, -0.2) is 0 Å². The van der Waals surface area contributed by atoms with Gasteiger partial charge in [0.1, 0.15) is 0 Å². The fourth-order valence-electron chi connectivity index (χ4n) is 1.67. The van der Waals surface area contributed by atoms with E-state index in [1.807, 2.05) is 18.2 Å². The summed E-state index contributed by atoms with van der Waals surface area (Å²) in [6.07, 6.45) is 3.47. The van der Waals surface area contributed by atoms with Gasteiger partial charge in [-0.1, -0.05) is 37.6 Å². The summed E-state index contributed by atoms with van der Waals surface area (Å²) in [6, 6.07) is 9.92. The molecule has 0 aromatic heterocycles. The van der Waals surface area contributed by atoms with Crippen molar-refractivity contribution in [1.29, 1.82) is 0 Å². The van der Waals surface area contributed by atoms with E-state index < -0.39 is 0 Å². The molecular weight excluding hydrogens is 172 g/mol. The third-order valence-corrected chi connectivity index (χ3v) is 2.56. The smallest absolute Gasteiger partial charge is 0.187 e. The Labute approximate surface area is 84.1 Å². The van der Waals surface area contributed by atoms with Gasteiger partial charge in [0, 0.05) is 5.56 Å². The zero-order valence-electron chi connectivity index (χ0n) is 8.42. The van der Waals surface area contributed by atoms with Crippen molar-refractivity contribution >= 4 is 0 Å². The summed E-state index contributed by atoms with van der Waals surface area (Å²) >= 11 is 0. The first kappa shape index (κ1) is 9.20. The van der Waals surface area contributed by atoms with E-state index in [-0.39, 0.29) is 5.43 Å². The molecule has 0 heterocycles. The standard InChI is InChI=1S/C13H14O/c1-2-3-6-10-7-4-5-8-11(10)12-9-13(12)14/h4-5,7-9H,2-3,6H2,1H3. The Morgan fingerprint density at radius 2 is 1.86 bits per heavy atom. The molecule has 1 nitrogen and oxygen atoms in total. The van der Waals surface area contributed by atoms with Crippen molar-refractivity contribution < 1.29 is 0 Å². The molecule has 0 N–H and O–H groups in total. The molecule has 0 unspecified atom stereocenters. The zero-order chi connectivity index (χ0) is 9.97. The molecule has 0 fully saturated rings. The molecule has 1 heteroatoms. The lowest BCUT2D eigenvalue weighted by Gasteiger charge is -2.04. The SMILES string of the molecule is CCCCc1ccccc1-c1cc1=O. The van der Waals surface area contributed by atoms with Gasteiger partial charge in [0.25, 0.3) is 0 Å². The molecular formula is C13H14O. The zero-order valence-corrected chi connectivity index (χ0v) is 8.42. The molecule has 0 radical (unpaired) electrons. The van der Waals surface area contributed by atoms with E-state index in [9.17, 15) is 4.79 Å². The highest BCUT2D eigenvalue weighted by molar-refractivity contribution is 5.72. The Bertz CT molecular complexity index is 433. The third-order valence-electron chi connectivity index (χ3n) is 2.56. The number of aryl methyl sites for hydroxylation is 1. The highest BCUT2D eigenvalue weighted by Gasteiger charge is 2.13. The second-order valence-corrected chi connectivity index (χ2v) is 3.68. The molecule has 2 aromatic rings. The Hall–Kier alpha value is -1.37. The Morgan fingerprint density at radius 3 is 2.50 bits per heavy atom. The molecule has 0 atom stereocenters.